The smallest absolute Gasteiger partial charge is 0.322 e. The highest BCUT2D eigenvalue weighted by atomic mass is 16.5. The lowest BCUT2D eigenvalue weighted by molar-refractivity contribution is -0.145. The van der Waals surface area contributed by atoms with Crippen molar-refractivity contribution in [1.29, 1.82) is 0 Å². The van der Waals surface area contributed by atoms with Gasteiger partial charge in [0.1, 0.15) is 12.6 Å². The monoisotopic (exact) mass is 293 g/mol. The summed E-state index contributed by atoms with van der Waals surface area (Å²) in [6.45, 7) is 2.37. The van der Waals surface area contributed by atoms with Crippen LogP contribution in [0.2, 0.25) is 0 Å². The van der Waals surface area contributed by atoms with Gasteiger partial charge in [-0.25, -0.2) is 0 Å². The molecule has 0 aliphatic rings. The van der Waals surface area contributed by atoms with Crippen molar-refractivity contribution in [3.8, 4) is 0 Å². The first-order valence-electron chi connectivity index (χ1n) is 7.25. The van der Waals surface area contributed by atoms with Gasteiger partial charge in [-0.2, -0.15) is 0 Å². The molecule has 116 valence electrons. The maximum atomic E-state index is 11.6. The molecule has 5 heteroatoms. The van der Waals surface area contributed by atoms with Gasteiger partial charge in [-0.3, -0.25) is 9.59 Å². The highest BCUT2D eigenvalue weighted by Crippen LogP contribution is 2.07. The van der Waals surface area contributed by atoms with E-state index in [0.29, 0.717) is 38.9 Å². The Balaban J connectivity index is 2.09. The molecular formula is C16H23NO4. The average Bonchev–Trinajstić information content (AvgIpc) is 2.50. The summed E-state index contributed by atoms with van der Waals surface area (Å²) in [5.41, 5.74) is 6.63. The summed E-state index contributed by atoms with van der Waals surface area (Å²) in [5, 5.41) is 0. The van der Waals surface area contributed by atoms with Crippen molar-refractivity contribution in [3.63, 3.8) is 0 Å². The Morgan fingerprint density at radius 3 is 2.52 bits per heavy atom. The maximum absolute atomic E-state index is 11.6. The molecule has 0 amide bonds. The molecule has 0 fully saturated rings. The molecule has 0 saturated carbocycles. The Hall–Kier alpha value is -1.88. The van der Waals surface area contributed by atoms with Crippen LogP contribution < -0.4 is 5.73 Å². The predicted molar refractivity (Wildman–Crippen MR) is 79.3 cm³/mol. The summed E-state index contributed by atoms with van der Waals surface area (Å²) >= 11 is 0. The van der Waals surface area contributed by atoms with Crippen LogP contribution in [0.5, 0.6) is 0 Å². The maximum Gasteiger partial charge on any atom is 0.322 e. The lowest BCUT2D eigenvalue weighted by Crippen LogP contribution is -2.32. The third-order valence-corrected chi connectivity index (χ3v) is 2.98. The van der Waals surface area contributed by atoms with E-state index in [4.69, 9.17) is 15.2 Å². The lowest BCUT2D eigenvalue weighted by Gasteiger charge is -2.10. The van der Waals surface area contributed by atoms with Gasteiger partial charge in [0.15, 0.2) is 0 Å². The molecule has 1 aromatic rings. The first kappa shape index (κ1) is 17.2. The molecule has 21 heavy (non-hydrogen) atoms. The molecule has 1 atom stereocenters. The van der Waals surface area contributed by atoms with Crippen molar-refractivity contribution in [3.05, 3.63) is 35.9 Å². The number of ether oxygens (including phenoxy) is 2. The van der Waals surface area contributed by atoms with Crippen molar-refractivity contribution in [2.75, 3.05) is 6.61 Å². The Kier molecular flexibility index (Phi) is 8.12. The van der Waals surface area contributed by atoms with E-state index in [1.165, 1.54) is 0 Å². The number of esters is 2. The zero-order valence-electron chi connectivity index (χ0n) is 12.4. The molecule has 0 spiro atoms. The Morgan fingerprint density at radius 1 is 1.14 bits per heavy atom. The van der Waals surface area contributed by atoms with Crippen LogP contribution >= 0.6 is 0 Å². The van der Waals surface area contributed by atoms with Crippen molar-refractivity contribution < 1.29 is 19.1 Å². The molecule has 0 saturated heterocycles. The van der Waals surface area contributed by atoms with Gasteiger partial charge >= 0.3 is 11.9 Å². The number of carbonyl (C=O) groups is 2. The fourth-order valence-electron chi connectivity index (χ4n) is 1.81. The number of rotatable bonds is 9. The zero-order chi connectivity index (χ0) is 15.5. The lowest BCUT2D eigenvalue weighted by atomic mass is 10.1. The number of hydrogen-bond acceptors (Lipinski definition) is 5. The van der Waals surface area contributed by atoms with E-state index < -0.39 is 6.04 Å². The normalized spacial score (nSPS) is 11.7. The molecule has 2 N–H and O–H groups in total. The molecule has 0 heterocycles. The summed E-state index contributed by atoms with van der Waals surface area (Å²) in [5.74, 6) is -0.618. The van der Waals surface area contributed by atoms with Crippen molar-refractivity contribution in [2.24, 2.45) is 5.73 Å². The van der Waals surface area contributed by atoms with Gasteiger partial charge < -0.3 is 15.2 Å². The molecule has 1 rings (SSSR count). The molecule has 1 unspecified atom stereocenters. The van der Waals surface area contributed by atoms with E-state index in [-0.39, 0.29) is 11.9 Å². The minimum Gasteiger partial charge on any atom is -0.465 e. The fraction of sp³-hybridized carbons (Fsp3) is 0.500. The van der Waals surface area contributed by atoms with Gasteiger partial charge in [-0.15, -0.1) is 0 Å². The summed E-state index contributed by atoms with van der Waals surface area (Å²) in [6, 6.07) is 8.93. The Labute approximate surface area is 125 Å². The van der Waals surface area contributed by atoms with Crippen LogP contribution in [0.15, 0.2) is 30.3 Å². The molecule has 0 radical (unpaired) electrons. The molecule has 5 nitrogen and oxygen atoms in total. The van der Waals surface area contributed by atoms with Crippen LogP contribution in [0.4, 0.5) is 0 Å². The predicted octanol–water partition coefficient (Wildman–Crippen LogP) is 2.18. The Bertz CT molecular complexity index is 433. The largest absolute Gasteiger partial charge is 0.465 e. The summed E-state index contributed by atoms with van der Waals surface area (Å²) < 4.78 is 9.97. The summed E-state index contributed by atoms with van der Waals surface area (Å²) in [4.78, 5) is 22.8. The van der Waals surface area contributed by atoms with E-state index >= 15 is 0 Å². The first-order chi connectivity index (χ1) is 10.1. The van der Waals surface area contributed by atoms with Gasteiger partial charge in [0, 0.05) is 6.42 Å². The van der Waals surface area contributed by atoms with E-state index in [1.54, 1.807) is 6.92 Å². The standard InChI is InChI=1S/C16H23NO4/c1-2-20-16(19)14(17)10-6-7-11-15(18)21-12-13-8-4-3-5-9-13/h3-5,8-9,14H,2,6-7,10-12,17H2,1H3. The van der Waals surface area contributed by atoms with Crippen molar-refractivity contribution in [1.82, 2.24) is 0 Å². The van der Waals surface area contributed by atoms with E-state index in [1.807, 2.05) is 30.3 Å². The molecule has 0 bridgehead atoms. The zero-order valence-corrected chi connectivity index (χ0v) is 12.4. The minimum absolute atomic E-state index is 0.233. The average molecular weight is 293 g/mol. The van der Waals surface area contributed by atoms with Crippen molar-refractivity contribution >= 4 is 11.9 Å². The van der Waals surface area contributed by atoms with Gasteiger partial charge in [0.05, 0.1) is 6.61 Å². The van der Waals surface area contributed by atoms with Crippen LogP contribution in [-0.4, -0.2) is 24.6 Å². The minimum atomic E-state index is -0.606. The summed E-state index contributed by atoms with van der Waals surface area (Å²) in [6.07, 6.45) is 2.20. The number of carbonyl (C=O) groups excluding carboxylic acids is 2. The third-order valence-electron chi connectivity index (χ3n) is 2.98. The van der Waals surface area contributed by atoms with Crippen LogP contribution in [-0.2, 0) is 25.7 Å². The molecule has 1 aromatic carbocycles. The molecule has 0 aliphatic heterocycles. The second-order valence-electron chi connectivity index (χ2n) is 4.75. The number of unbranched alkanes of at least 4 members (excludes halogenated alkanes) is 1. The van der Waals surface area contributed by atoms with E-state index in [9.17, 15) is 9.59 Å². The Morgan fingerprint density at radius 2 is 1.86 bits per heavy atom. The van der Waals surface area contributed by atoms with E-state index in [0.717, 1.165) is 5.56 Å². The van der Waals surface area contributed by atoms with Crippen LogP contribution in [0.25, 0.3) is 0 Å². The topological polar surface area (TPSA) is 78.6 Å². The first-order valence-corrected chi connectivity index (χ1v) is 7.25. The van der Waals surface area contributed by atoms with Gasteiger partial charge in [-0.1, -0.05) is 36.8 Å². The second-order valence-corrected chi connectivity index (χ2v) is 4.75. The van der Waals surface area contributed by atoms with E-state index in [2.05, 4.69) is 0 Å². The van der Waals surface area contributed by atoms with Gasteiger partial charge in [-0.05, 0) is 25.3 Å². The van der Waals surface area contributed by atoms with Gasteiger partial charge in [0.2, 0.25) is 0 Å². The summed E-state index contributed by atoms with van der Waals surface area (Å²) in [7, 11) is 0. The SMILES string of the molecule is CCOC(=O)C(N)CCCCC(=O)OCc1ccccc1. The molecular weight excluding hydrogens is 270 g/mol. The highest BCUT2D eigenvalue weighted by Gasteiger charge is 2.14. The van der Waals surface area contributed by atoms with Crippen LogP contribution in [0, 0.1) is 0 Å². The number of hydrogen-bond donors (Lipinski definition) is 1. The molecule has 0 aromatic heterocycles. The second kappa shape index (κ2) is 9.94. The third kappa shape index (κ3) is 7.46. The van der Waals surface area contributed by atoms with Crippen molar-refractivity contribution in [2.45, 2.75) is 45.3 Å². The highest BCUT2D eigenvalue weighted by molar-refractivity contribution is 5.75. The number of nitrogens with two attached hydrogens (primary N) is 1. The van der Waals surface area contributed by atoms with Crippen LogP contribution in [0.3, 0.4) is 0 Å². The van der Waals surface area contributed by atoms with Gasteiger partial charge in [0.25, 0.3) is 0 Å². The number of benzene rings is 1. The quantitative estimate of drug-likeness (QED) is 0.557. The van der Waals surface area contributed by atoms with Crippen LogP contribution in [0.1, 0.15) is 38.2 Å². The fourth-order valence-corrected chi connectivity index (χ4v) is 1.81. The molecule has 0 aliphatic carbocycles.